The van der Waals surface area contributed by atoms with E-state index in [4.69, 9.17) is 4.74 Å². The van der Waals surface area contributed by atoms with Crippen LogP contribution < -0.4 is 20.7 Å². The largest absolute Gasteiger partial charge is 0.496 e. The second kappa shape index (κ2) is 12.8. The minimum Gasteiger partial charge on any atom is -0.496 e. The number of carbonyl (C=O) groups excluding carboxylic acids is 3. The number of ether oxygens (including phenoxy) is 1. The minimum atomic E-state index is -0.184. The lowest BCUT2D eigenvalue weighted by molar-refractivity contribution is -0.120. The Morgan fingerprint density at radius 1 is 1.03 bits per heavy atom. The van der Waals surface area contributed by atoms with E-state index in [0.29, 0.717) is 30.0 Å². The monoisotopic (exact) mass is 498 g/mol. The van der Waals surface area contributed by atoms with E-state index >= 15 is 0 Å². The van der Waals surface area contributed by atoms with Gasteiger partial charge in [0.25, 0.3) is 0 Å². The molecule has 0 atom stereocenters. The van der Waals surface area contributed by atoms with Crippen LogP contribution in [0.1, 0.15) is 18.2 Å². The number of para-hydroxylation sites is 1. The van der Waals surface area contributed by atoms with Crippen LogP contribution in [0.25, 0.3) is 0 Å². The molecule has 0 aliphatic rings. The molecule has 0 saturated carbocycles. The van der Waals surface area contributed by atoms with Crippen LogP contribution in [0.2, 0.25) is 0 Å². The van der Waals surface area contributed by atoms with Crippen LogP contribution in [0.4, 0.5) is 11.4 Å². The number of hydrogen-bond donors (Lipinski definition) is 3. The van der Waals surface area contributed by atoms with Gasteiger partial charge in [-0.3, -0.25) is 14.4 Å². The minimum absolute atomic E-state index is 0.103. The number of thioether (sulfide) groups is 1. The molecule has 0 fully saturated rings. The number of nitrogens with zero attached hydrogens (tertiary/aromatic N) is 1. The summed E-state index contributed by atoms with van der Waals surface area (Å²) in [4.78, 5) is 40.1. The maximum absolute atomic E-state index is 12.3. The van der Waals surface area contributed by atoms with E-state index in [1.807, 2.05) is 29.6 Å². The molecule has 34 heavy (non-hydrogen) atoms. The predicted octanol–water partition coefficient (Wildman–Crippen LogP) is 3.74. The molecule has 1 aromatic heterocycles. The number of rotatable bonds is 11. The Hall–Kier alpha value is -3.37. The van der Waals surface area contributed by atoms with Gasteiger partial charge in [0.15, 0.2) is 4.34 Å². The number of carbonyl (C=O) groups is 3. The Morgan fingerprint density at radius 3 is 2.56 bits per heavy atom. The highest BCUT2D eigenvalue weighted by atomic mass is 32.2. The van der Waals surface area contributed by atoms with Gasteiger partial charge in [0.2, 0.25) is 17.7 Å². The molecule has 2 aromatic carbocycles. The van der Waals surface area contributed by atoms with Crippen LogP contribution in [-0.4, -0.2) is 42.1 Å². The van der Waals surface area contributed by atoms with Gasteiger partial charge in [-0.2, -0.15) is 0 Å². The van der Waals surface area contributed by atoms with Crippen molar-refractivity contribution in [1.29, 1.82) is 0 Å². The number of thiazole rings is 1. The summed E-state index contributed by atoms with van der Waals surface area (Å²) in [7, 11) is 1.63. The van der Waals surface area contributed by atoms with Crippen molar-refractivity contribution in [3.63, 3.8) is 0 Å². The number of aromatic nitrogens is 1. The molecule has 8 nitrogen and oxygen atoms in total. The number of amides is 3. The standard InChI is InChI=1S/C24H26N4O4S2/c1-16(29)26-18-7-5-8-19(12-18)27-23(31)15-34-24-28-20(14-33-24)13-22(30)25-11-10-17-6-3-4-9-21(17)32-2/h3-9,12,14H,10-11,13,15H2,1-2H3,(H,25,30)(H,26,29)(H,27,31). The molecule has 0 aliphatic heterocycles. The van der Waals surface area contributed by atoms with E-state index in [1.54, 1.807) is 31.4 Å². The maximum Gasteiger partial charge on any atom is 0.234 e. The first-order valence-corrected chi connectivity index (χ1v) is 12.4. The number of anilines is 2. The number of hydrogen-bond acceptors (Lipinski definition) is 7. The van der Waals surface area contributed by atoms with E-state index in [-0.39, 0.29) is 29.9 Å². The van der Waals surface area contributed by atoms with Gasteiger partial charge in [0.05, 0.1) is 25.0 Å². The van der Waals surface area contributed by atoms with E-state index in [0.717, 1.165) is 15.7 Å². The third-order valence-corrected chi connectivity index (χ3v) is 6.64. The average Bonchev–Trinajstić information content (AvgIpc) is 3.25. The molecule has 3 rings (SSSR count). The zero-order valence-corrected chi connectivity index (χ0v) is 20.6. The summed E-state index contributed by atoms with van der Waals surface area (Å²) in [6.45, 7) is 1.93. The third-order valence-electron chi connectivity index (χ3n) is 4.57. The molecule has 3 aromatic rings. The van der Waals surface area contributed by atoms with Crippen LogP contribution in [0.5, 0.6) is 5.75 Å². The highest BCUT2D eigenvalue weighted by Gasteiger charge is 2.11. The first-order valence-electron chi connectivity index (χ1n) is 10.6. The molecule has 0 saturated heterocycles. The predicted molar refractivity (Wildman–Crippen MR) is 136 cm³/mol. The van der Waals surface area contributed by atoms with E-state index in [9.17, 15) is 14.4 Å². The van der Waals surface area contributed by atoms with Gasteiger partial charge in [-0.1, -0.05) is 36.0 Å². The third kappa shape index (κ3) is 8.20. The molecule has 3 N–H and O–H groups in total. The Morgan fingerprint density at radius 2 is 1.79 bits per heavy atom. The normalized spacial score (nSPS) is 10.4. The lowest BCUT2D eigenvalue weighted by atomic mass is 10.1. The lowest BCUT2D eigenvalue weighted by Gasteiger charge is -2.08. The summed E-state index contributed by atoms with van der Waals surface area (Å²) in [5, 5.41) is 10.2. The molecule has 1 heterocycles. The summed E-state index contributed by atoms with van der Waals surface area (Å²) in [5.74, 6) is 0.526. The van der Waals surface area contributed by atoms with Crippen LogP contribution in [0.3, 0.4) is 0 Å². The molecule has 0 bridgehead atoms. The Kier molecular flexibility index (Phi) is 9.48. The first kappa shape index (κ1) is 25.3. The van der Waals surface area contributed by atoms with Gasteiger partial charge in [0, 0.05) is 30.2 Å². The number of benzene rings is 2. The molecule has 178 valence electrons. The van der Waals surface area contributed by atoms with Gasteiger partial charge in [-0.15, -0.1) is 11.3 Å². The fourth-order valence-electron chi connectivity index (χ4n) is 3.11. The van der Waals surface area contributed by atoms with E-state index in [2.05, 4.69) is 20.9 Å². The highest BCUT2D eigenvalue weighted by molar-refractivity contribution is 8.01. The highest BCUT2D eigenvalue weighted by Crippen LogP contribution is 2.23. The van der Waals surface area contributed by atoms with Gasteiger partial charge < -0.3 is 20.7 Å². The fraction of sp³-hybridized carbons (Fsp3) is 0.250. The van der Waals surface area contributed by atoms with Crippen molar-refractivity contribution in [3.05, 3.63) is 65.2 Å². The SMILES string of the molecule is COc1ccccc1CCNC(=O)Cc1csc(SCC(=O)Nc2cccc(NC(C)=O)c2)n1. The molecule has 0 radical (unpaired) electrons. The number of nitrogens with one attached hydrogen (secondary N) is 3. The van der Waals surface area contributed by atoms with Crippen molar-refractivity contribution >= 4 is 52.2 Å². The van der Waals surface area contributed by atoms with Crippen molar-refractivity contribution in [3.8, 4) is 5.75 Å². The van der Waals surface area contributed by atoms with Gasteiger partial charge in [-0.25, -0.2) is 4.98 Å². The van der Waals surface area contributed by atoms with E-state index in [1.165, 1.54) is 30.0 Å². The topological polar surface area (TPSA) is 109 Å². The summed E-state index contributed by atoms with van der Waals surface area (Å²) >= 11 is 2.71. The smallest absolute Gasteiger partial charge is 0.234 e. The van der Waals surface area contributed by atoms with Crippen molar-refractivity contribution in [2.24, 2.45) is 0 Å². The first-order chi connectivity index (χ1) is 16.4. The molecular weight excluding hydrogens is 472 g/mol. The molecule has 3 amide bonds. The van der Waals surface area contributed by atoms with Gasteiger partial charge in [0.1, 0.15) is 5.75 Å². The van der Waals surface area contributed by atoms with Gasteiger partial charge >= 0.3 is 0 Å². The van der Waals surface area contributed by atoms with Gasteiger partial charge in [-0.05, 0) is 36.2 Å². The molecule has 0 unspecified atom stereocenters. The van der Waals surface area contributed by atoms with Crippen LogP contribution in [0.15, 0.2) is 58.3 Å². The zero-order chi connectivity index (χ0) is 24.3. The lowest BCUT2D eigenvalue weighted by Crippen LogP contribution is -2.27. The number of methoxy groups -OCH3 is 1. The van der Waals surface area contributed by atoms with Crippen molar-refractivity contribution in [1.82, 2.24) is 10.3 Å². The Bertz CT molecular complexity index is 1150. The second-order valence-electron chi connectivity index (χ2n) is 7.29. The van der Waals surface area contributed by atoms with Crippen molar-refractivity contribution in [2.75, 3.05) is 30.0 Å². The van der Waals surface area contributed by atoms with Crippen molar-refractivity contribution in [2.45, 2.75) is 24.1 Å². The van der Waals surface area contributed by atoms with Crippen LogP contribution in [-0.2, 0) is 27.2 Å². The fourth-order valence-corrected chi connectivity index (χ4v) is 4.76. The zero-order valence-electron chi connectivity index (χ0n) is 18.9. The van der Waals surface area contributed by atoms with Crippen LogP contribution in [0, 0.1) is 0 Å². The summed E-state index contributed by atoms with van der Waals surface area (Å²) in [6, 6.07) is 14.7. The van der Waals surface area contributed by atoms with Crippen molar-refractivity contribution < 1.29 is 19.1 Å². The average molecular weight is 499 g/mol. The van der Waals surface area contributed by atoms with Crippen LogP contribution >= 0.6 is 23.1 Å². The maximum atomic E-state index is 12.3. The molecule has 0 spiro atoms. The second-order valence-corrected chi connectivity index (χ2v) is 9.37. The Labute approximate surface area is 206 Å². The Balaban J connectivity index is 1.40. The molecular formula is C24H26N4O4S2. The summed E-state index contributed by atoms with van der Waals surface area (Å²) in [6.07, 6.45) is 0.863. The molecule has 10 heteroatoms. The summed E-state index contributed by atoms with van der Waals surface area (Å²) < 4.78 is 6.05. The van der Waals surface area contributed by atoms with E-state index < -0.39 is 0 Å². The summed E-state index contributed by atoms with van der Waals surface area (Å²) in [5.41, 5.74) is 2.92. The quantitative estimate of drug-likeness (QED) is 0.348. The molecule has 0 aliphatic carbocycles.